The lowest BCUT2D eigenvalue weighted by Crippen LogP contribution is -2.45. The molecular formula is C13H17ClN2O2. The van der Waals surface area contributed by atoms with E-state index in [0.717, 1.165) is 12.8 Å². The Labute approximate surface area is 112 Å². The van der Waals surface area contributed by atoms with E-state index >= 15 is 0 Å². The molecule has 0 spiro atoms. The minimum atomic E-state index is -0.183. The summed E-state index contributed by atoms with van der Waals surface area (Å²) in [5.41, 5.74) is 0.171. The van der Waals surface area contributed by atoms with Gasteiger partial charge in [-0.05, 0) is 38.8 Å². The average molecular weight is 269 g/mol. The largest absolute Gasteiger partial charge is 0.375 e. The van der Waals surface area contributed by atoms with Gasteiger partial charge in [-0.3, -0.25) is 9.78 Å². The predicted octanol–water partition coefficient (Wildman–Crippen LogP) is 2.42. The summed E-state index contributed by atoms with van der Waals surface area (Å²) in [5.74, 6) is -0.180. The third kappa shape index (κ3) is 3.43. The van der Waals surface area contributed by atoms with Gasteiger partial charge >= 0.3 is 0 Å². The number of halogens is 1. The van der Waals surface area contributed by atoms with Crippen molar-refractivity contribution in [3.8, 4) is 0 Å². The Morgan fingerprint density at radius 2 is 2.39 bits per heavy atom. The van der Waals surface area contributed by atoms with Gasteiger partial charge < -0.3 is 10.1 Å². The van der Waals surface area contributed by atoms with Crippen LogP contribution in [-0.4, -0.2) is 29.1 Å². The summed E-state index contributed by atoms with van der Waals surface area (Å²) in [6.45, 7) is 4.73. The van der Waals surface area contributed by atoms with Gasteiger partial charge in [-0.2, -0.15) is 0 Å². The van der Waals surface area contributed by atoms with Crippen molar-refractivity contribution in [2.24, 2.45) is 0 Å². The summed E-state index contributed by atoms with van der Waals surface area (Å²) in [4.78, 5) is 16.0. The van der Waals surface area contributed by atoms with Gasteiger partial charge in [0.15, 0.2) is 0 Å². The van der Waals surface area contributed by atoms with Crippen LogP contribution in [0.25, 0.3) is 0 Å². The molecule has 1 aliphatic rings. The number of carbonyl (C=O) groups excluding carboxylic acids is 1. The van der Waals surface area contributed by atoms with Gasteiger partial charge in [-0.1, -0.05) is 11.6 Å². The monoisotopic (exact) mass is 268 g/mol. The molecule has 1 unspecified atom stereocenters. The third-order valence-electron chi connectivity index (χ3n) is 2.99. The molecule has 5 heteroatoms. The summed E-state index contributed by atoms with van der Waals surface area (Å²) in [7, 11) is 0. The number of hydrogen-bond acceptors (Lipinski definition) is 3. The molecule has 0 radical (unpaired) electrons. The van der Waals surface area contributed by atoms with Crippen molar-refractivity contribution in [1.29, 1.82) is 0 Å². The van der Waals surface area contributed by atoms with Crippen molar-refractivity contribution < 1.29 is 9.53 Å². The standard InChI is InChI=1S/C13H17ClN2O2/c1-13(2)8-10(4-6-18-13)16-12(17)11-7-9(14)3-5-15-11/h3,5,7,10H,4,6,8H2,1-2H3,(H,16,17). The lowest BCUT2D eigenvalue weighted by molar-refractivity contribution is -0.0615. The molecule has 2 heterocycles. The van der Waals surface area contributed by atoms with Crippen LogP contribution in [0.4, 0.5) is 0 Å². The zero-order valence-corrected chi connectivity index (χ0v) is 11.3. The lowest BCUT2D eigenvalue weighted by atomic mass is 9.94. The number of ether oxygens (including phenoxy) is 1. The molecule has 2 rings (SSSR count). The molecule has 1 N–H and O–H groups in total. The maximum absolute atomic E-state index is 12.0. The minimum absolute atomic E-state index is 0.127. The first-order chi connectivity index (χ1) is 8.46. The van der Waals surface area contributed by atoms with Gasteiger partial charge in [0, 0.05) is 23.9 Å². The van der Waals surface area contributed by atoms with Crippen LogP contribution in [0, 0.1) is 0 Å². The van der Waals surface area contributed by atoms with E-state index in [4.69, 9.17) is 16.3 Å². The van der Waals surface area contributed by atoms with Crippen LogP contribution < -0.4 is 5.32 Å². The molecule has 1 aromatic rings. The zero-order valence-electron chi connectivity index (χ0n) is 10.6. The number of nitrogens with one attached hydrogen (secondary N) is 1. The van der Waals surface area contributed by atoms with E-state index in [2.05, 4.69) is 10.3 Å². The van der Waals surface area contributed by atoms with Crippen molar-refractivity contribution in [3.05, 3.63) is 29.0 Å². The second-order valence-corrected chi connectivity index (χ2v) is 5.57. The highest BCUT2D eigenvalue weighted by atomic mass is 35.5. The Kier molecular flexibility index (Phi) is 3.88. The fourth-order valence-electron chi connectivity index (χ4n) is 2.14. The van der Waals surface area contributed by atoms with Crippen LogP contribution in [-0.2, 0) is 4.74 Å². The number of aromatic nitrogens is 1. The molecule has 1 atom stereocenters. The highest BCUT2D eigenvalue weighted by Crippen LogP contribution is 2.24. The van der Waals surface area contributed by atoms with Gasteiger partial charge in [0.2, 0.25) is 0 Å². The Balaban J connectivity index is 1.99. The second-order valence-electron chi connectivity index (χ2n) is 5.13. The summed E-state index contributed by atoms with van der Waals surface area (Å²) in [6.07, 6.45) is 3.17. The molecule has 1 amide bonds. The van der Waals surface area contributed by atoms with Crippen LogP contribution in [0.2, 0.25) is 5.02 Å². The van der Waals surface area contributed by atoms with Gasteiger partial charge in [-0.25, -0.2) is 0 Å². The molecule has 1 saturated heterocycles. The maximum Gasteiger partial charge on any atom is 0.270 e. The summed E-state index contributed by atoms with van der Waals surface area (Å²) in [5, 5.41) is 3.49. The molecule has 1 aliphatic heterocycles. The third-order valence-corrected chi connectivity index (χ3v) is 3.22. The number of pyridine rings is 1. The number of rotatable bonds is 2. The molecule has 1 fully saturated rings. The molecule has 98 valence electrons. The summed E-state index contributed by atoms with van der Waals surface area (Å²) >= 11 is 5.84. The molecule has 1 aromatic heterocycles. The number of amides is 1. The van der Waals surface area contributed by atoms with Crippen LogP contribution in [0.1, 0.15) is 37.2 Å². The Morgan fingerprint density at radius 1 is 1.61 bits per heavy atom. The predicted molar refractivity (Wildman–Crippen MR) is 69.8 cm³/mol. The first kappa shape index (κ1) is 13.3. The van der Waals surface area contributed by atoms with E-state index in [-0.39, 0.29) is 17.6 Å². The highest BCUT2D eigenvalue weighted by molar-refractivity contribution is 6.30. The highest BCUT2D eigenvalue weighted by Gasteiger charge is 2.29. The molecule has 0 bridgehead atoms. The molecule has 0 aliphatic carbocycles. The van der Waals surface area contributed by atoms with E-state index < -0.39 is 0 Å². The summed E-state index contributed by atoms with van der Waals surface area (Å²) in [6, 6.07) is 3.35. The molecule has 4 nitrogen and oxygen atoms in total. The van der Waals surface area contributed by atoms with Crippen LogP contribution in [0.15, 0.2) is 18.3 Å². The minimum Gasteiger partial charge on any atom is -0.375 e. The van der Waals surface area contributed by atoms with Gasteiger partial charge in [-0.15, -0.1) is 0 Å². The normalized spacial score (nSPS) is 22.5. The number of carbonyl (C=O) groups is 1. The summed E-state index contributed by atoms with van der Waals surface area (Å²) < 4.78 is 5.61. The molecule has 18 heavy (non-hydrogen) atoms. The zero-order chi connectivity index (χ0) is 13.2. The fraction of sp³-hybridized carbons (Fsp3) is 0.538. The fourth-order valence-corrected chi connectivity index (χ4v) is 2.30. The van der Waals surface area contributed by atoms with Crippen LogP contribution in [0.5, 0.6) is 0 Å². The first-order valence-corrected chi connectivity index (χ1v) is 6.40. The van der Waals surface area contributed by atoms with Crippen LogP contribution >= 0.6 is 11.6 Å². The maximum atomic E-state index is 12.0. The van der Waals surface area contributed by atoms with E-state index in [1.54, 1.807) is 12.1 Å². The Bertz CT molecular complexity index is 448. The van der Waals surface area contributed by atoms with Crippen molar-refractivity contribution in [3.63, 3.8) is 0 Å². The van der Waals surface area contributed by atoms with Crippen molar-refractivity contribution in [2.45, 2.75) is 38.3 Å². The Hall–Kier alpha value is -1.13. The van der Waals surface area contributed by atoms with Gasteiger partial charge in [0.1, 0.15) is 5.69 Å². The van der Waals surface area contributed by atoms with Crippen LogP contribution in [0.3, 0.4) is 0 Å². The van der Waals surface area contributed by atoms with Gasteiger partial charge in [0.25, 0.3) is 5.91 Å². The quantitative estimate of drug-likeness (QED) is 0.896. The first-order valence-electron chi connectivity index (χ1n) is 6.03. The topological polar surface area (TPSA) is 51.2 Å². The van der Waals surface area contributed by atoms with E-state index in [1.165, 1.54) is 6.20 Å². The van der Waals surface area contributed by atoms with E-state index in [0.29, 0.717) is 17.3 Å². The van der Waals surface area contributed by atoms with Crippen molar-refractivity contribution in [2.75, 3.05) is 6.61 Å². The van der Waals surface area contributed by atoms with E-state index in [9.17, 15) is 4.79 Å². The molecular weight excluding hydrogens is 252 g/mol. The number of nitrogens with zero attached hydrogens (tertiary/aromatic N) is 1. The van der Waals surface area contributed by atoms with Crippen molar-refractivity contribution >= 4 is 17.5 Å². The second kappa shape index (κ2) is 5.24. The smallest absolute Gasteiger partial charge is 0.270 e. The molecule has 0 aromatic carbocycles. The average Bonchev–Trinajstić information content (AvgIpc) is 2.27. The lowest BCUT2D eigenvalue weighted by Gasteiger charge is -2.35. The van der Waals surface area contributed by atoms with E-state index in [1.807, 2.05) is 13.8 Å². The van der Waals surface area contributed by atoms with Crippen molar-refractivity contribution in [1.82, 2.24) is 10.3 Å². The van der Waals surface area contributed by atoms with Gasteiger partial charge in [0.05, 0.1) is 5.60 Å². The molecule has 0 saturated carbocycles. The SMILES string of the molecule is CC1(C)CC(NC(=O)c2cc(Cl)ccn2)CCO1. The number of hydrogen-bond donors (Lipinski definition) is 1. The Morgan fingerprint density at radius 3 is 3.06 bits per heavy atom.